The van der Waals surface area contributed by atoms with Crippen LogP contribution < -0.4 is 16.9 Å². The first kappa shape index (κ1) is 46.1. The largest absolute Gasteiger partial charge is 0.457 e. The molecule has 0 saturated heterocycles. The van der Waals surface area contributed by atoms with Crippen molar-refractivity contribution in [3.05, 3.63) is 125 Å². The molecular formula is C53H55N5O10. The van der Waals surface area contributed by atoms with Gasteiger partial charge in [-0.25, -0.2) is 19.6 Å². The summed E-state index contributed by atoms with van der Waals surface area (Å²) in [5.74, 6) is -3.02. The van der Waals surface area contributed by atoms with Crippen molar-refractivity contribution in [3.63, 3.8) is 0 Å². The Morgan fingerprint density at radius 2 is 1.06 bits per heavy atom. The van der Waals surface area contributed by atoms with E-state index in [1.54, 1.807) is 42.9 Å². The van der Waals surface area contributed by atoms with E-state index in [4.69, 9.17) is 34.6 Å². The number of cyclic esters (lactones) is 2. The minimum Gasteiger partial charge on any atom is -0.457 e. The maximum absolute atomic E-state index is 13.7. The molecule has 68 heavy (non-hydrogen) atoms. The summed E-state index contributed by atoms with van der Waals surface area (Å²) in [5, 5.41) is 2.18. The Morgan fingerprint density at radius 1 is 0.647 bits per heavy atom. The zero-order chi connectivity index (χ0) is 48.7. The number of hydrogen-bond donors (Lipinski definition) is 1. The predicted octanol–water partition coefficient (Wildman–Crippen LogP) is 7.01. The number of rotatable bonds is 8. The van der Waals surface area contributed by atoms with Crippen molar-refractivity contribution in [1.29, 1.82) is 0 Å². The average Bonchev–Trinajstić information content (AvgIpc) is 3.88. The van der Waals surface area contributed by atoms with Crippen LogP contribution in [-0.4, -0.2) is 49.0 Å². The highest BCUT2D eigenvalue weighted by atomic mass is 16.6. The van der Waals surface area contributed by atoms with Crippen molar-refractivity contribution < 1.29 is 38.1 Å². The molecule has 10 rings (SSSR count). The van der Waals surface area contributed by atoms with Gasteiger partial charge in [0.15, 0.2) is 0 Å². The van der Waals surface area contributed by atoms with Crippen LogP contribution >= 0.6 is 0 Å². The topological polar surface area (TPSA) is 201 Å². The van der Waals surface area contributed by atoms with Crippen LogP contribution in [-0.2, 0) is 88.5 Å². The van der Waals surface area contributed by atoms with Gasteiger partial charge in [0.05, 0.1) is 63.9 Å². The summed E-state index contributed by atoms with van der Waals surface area (Å²) in [4.78, 5) is 88.1. The van der Waals surface area contributed by atoms with E-state index in [9.17, 15) is 28.8 Å². The van der Waals surface area contributed by atoms with E-state index in [2.05, 4.69) is 32.9 Å². The lowest BCUT2D eigenvalue weighted by Gasteiger charge is -2.36. The van der Waals surface area contributed by atoms with Crippen LogP contribution in [0.3, 0.4) is 0 Å². The van der Waals surface area contributed by atoms with Crippen molar-refractivity contribution >= 4 is 45.7 Å². The average molecular weight is 922 g/mol. The molecule has 0 fully saturated rings. The molecule has 15 heteroatoms. The third kappa shape index (κ3) is 6.95. The zero-order valence-corrected chi connectivity index (χ0v) is 39.9. The van der Waals surface area contributed by atoms with Gasteiger partial charge in [-0.2, -0.15) is 0 Å². The molecule has 0 saturated carbocycles. The molecule has 4 aliphatic heterocycles. The lowest BCUT2D eigenvalue weighted by Crippen LogP contribution is -2.49. The zero-order valence-electron chi connectivity index (χ0n) is 39.9. The van der Waals surface area contributed by atoms with E-state index in [-0.39, 0.29) is 37.2 Å². The van der Waals surface area contributed by atoms with Gasteiger partial charge in [0.2, 0.25) is 11.2 Å². The third-order valence-corrected chi connectivity index (χ3v) is 14.0. The molecule has 0 radical (unpaired) electrons. The second-order valence-electron chi connectivity index (χ2n) is 18.5. The number of carbonyl (C=O) groups is 4. The smallest absolute Gasteiger partial charge is 0.355 e. The standard InChI is InChI=1S/C27H28N2O5.C26H27N3O5/c1-6-16-17-10-15(5)8-9-21(17)28-23-18(16)12-29-22(23)11-20-19(24(29)30)13-33-26(32)27(20,7-2)34-25(31)14(3)4;1-5-15-16-9-13(3)7-8-20(16)28-22-17(15)11-29-21(22)10-19-18(23(29)30)12-33-25(32)26(19,6-2)34-24(31)14(4)27/h8-11,14H,6-7,12-13H2,1-5H3;7-10,14H,5-6,11-12,27H2,1-4H3/t27-;14-,26-/m00/s1. The Kier molecular flexibility index (Phi) is 11.5. The van der Waals surface area contributed by atoms with Crippen LogP contribution in [0.5, 0.6) is 0 Å². The number of aromatic nitrogens is 4. The second-order valence-corrected chi connectivity index (χ2v) is 18.5. The molecule has 4 aliphatic rings. The summed E-state index contributed by atoms with van der Waals surface area (Å²) in [7, 11) is 0. The van der Waals surface area contributed by atoms with E-state index in [0.717, 1.165) is 73.9 Å². The molecule has 0 bridgehead atoms. The van der Waals surface area contributed by atoms with Crippen LogP contribution in [0.15, 0.2) is 58.1 Å². The number of benzene rings is 2. The number of hydrogen-bond acceptors (Lipinski definition) is 13. The van der Waals surface area contributed by atoms with Crippen molar-refractivity contribution in [2.75, 3.05) is 0 Å². The highest BCUT2D eigenvalue weighted by molar-refractivity contribution is 5.92. The summed E-state index contributed by atoms with van der Waals surface area (Å²) in [5.41, 5.74) is 14.4. The lowest BCUT2D eigenvalue weighted by molar-refractivity contribution is -0.191. The molecule has 4 aromatic heterocycles. The van der Waals surface area contributed by atoms with Crippen molar-refractivity contribution in [2.45, 2.75) is 132 Å². The normalized spacial score (nSPS) is 18.9. The van der Waals surface area contributed by atoms with Crippen LogP contribution in [0.4, 0.5) is 0 Å². The highest BCUT2D eigenvalue weighted by Crippen LogP contribution is 2.44. The summed E-state index contributed by atoms with van der Waals surface area (Å²) in [6.07, 6.45) is 1.87. The number of ether oxygens (including phenoxy) is 4. The van der Waals surface area contributed by atoms with Gasteiger partial charge in [-0.15, -0.1) is 0 Å². The van der Waals surface area contributed by atoms with Gasteiger partial charge in [-0.05, 0) is 94.0 Å². The highest BCUT2D eigenvalue weighted by Gasteiger charge is 2.52. The summed E-state index contributed by atoms with van der Waals surface area (Å²) in [6, 6.07) is 14.9. The molecule has 3 atom stereocenters. The number of carbonyl (C=O) groups excluding carboxylic acids is 4. The Balaban J connectivity index is 0.000000170. The lowest BCUT2D eigenvalue weighted by atomic mass is 9.85. The first-order valence-corrected chi connectivity index (χ1v) is 23.4. The molecule has 0 aliphatic carbocycles. The van der Waals surface area contributed by atoms with Crippen LogP contribution in [0.1, 0.15) is 117 Å². The molecule has 352 valence electrons. The number of fused-ring (bicyclic) bond motifs is 10. The van der Waals surface area contributed by atoms with Crippen molar-refractivity contribution in [2.24, 2.45) is 11.7 Å². The third-order valence-electron chi connectivity index (χ3n) is 14.0. The van der Waals surface area contributed by atoms with Crippen LogP contribution in [0.25, 0.3) is 44.6 Å². The molecule has 6 aromatic rings. The number of nitrogens with two attached hydrogens (primary N) is 1. The van der Waals surface area contributed by atoms with E-state index >= 15 is 0 Å². The fourth-order valence-electron chi connectivity index (χ4n) is 10.2. The number of pyridine rings is 4. The van der Waals surface area contributed by atoms with Gasteiger partial charge in [0, 0.05) is 33.0 Å². The van der Waals surface area contributed by atoms with Crippen molar-refractivity contribution in [1.82, 2.24) is 19.1 Å². The Morgan fingerprint density at radius 3 is 1.43 bits per heavy atom. The van der Waals surface area contributed by atoms with Gasteiger partial charge < -0.3 is 33.8 Å². The van der Waals surface area contributed by atoms with E-state index in [1.165, 1.54) is 12.5 Å². The predicted molar refractivity (Wildman–Crippen MR) is 254 cm³/mol. The number of esters is 4. The fraction of sp³-hybridized carbons (Fsp3) is 0.396. The van der Waals surface area contributed by atoms with Crippen LogP contribution in [0, 0.1) is 19.8 Å². The molecule has 2 aromatic carbocycles. The summed E-state index contributed by atoms with van der Waals surface area (Å²) >= 11 is 0. The molecule has 0 amide bonds. The monoisotopic (exact) mass is 921 g/mol. The molecular weight excluding hydrogens is 867 g/mol. The minimum absolute atomic E-state index is 0.109. The quantitative estimate of drug-likeness (QED) is 0.121. The molecule has 8 heterocycles. The minimum atomic E-state index is -1.72. The molecule has 15 nitrogen and oxygen atoms in total. The molecule has 0 unspecified atom stereocenters. The van der Waals surface area contributed by atoms with Gasteiger partial charge >= 0.3 is 23.9 Å². The van der Waals surface area contributed by atoms with Gasteiger partial charge in [0.25, 0.3) is 11.1 Å². The van der Waals surface area contributed by atoms with Gasteiger partial charge in [-0.3, -0.25) is 19.2 Å². The summed E-state index contributed by atoms with van der Waals surface area (Å²) < 4.78 is 25.5. The van der Waals surface area contributed by atoms with E-state index in [0.29, 0.717) is 46.7 Å². The summed E-state index contributed by atoms with van der Waals surface area (Å²) in [6.45, 7) is 17.2. The van der Waals surface area contributed by atoms with E-state index < -0.39 is 47.0 Å². The van der Waals surface area contributed by atoms with Gasteiger partial charge in [-0.1, -0.05) is 64.8 Å². The maximum atomic E-state index is 13.7. The van der Waals surface area contributed by atoms with E-state index in [1.807, 2.05) is 37.3 Å². The van der Waals surface area contributed by atoms with Crippen molar-refractivity contribution in [3.8, 4) is 22.8 Å². The first-order valence-electron chi connectivity index (χ1n) is 23.4. The Bertz CT molecular complexity index is 3090. The Labute approximate surface area is 392 Å². The first-order chi connectivity index (χ1) is 32.4. The SMILES string of the molecule is CCc1c2c(nc3ccc(C)cc13)-c1cc3c(c(=O)n1C2)COC(=O)[C@@]3(CC)OC(=O)C(C)C.CCc1c2c(nc3ccc(C)cc13)-c1cc3c(c(=O)n1C2)COC(=O)[C@@]3(CC)OC(=O)[C@H](C)N. The fourth-order valence-corrected chi connectivity index (χ4v) is 10.2. The number of aryl methyl sites for hydroxylation is 4. The maximum Gasteiger partial charge on any atom is 0.355 e. The van der Waals surface area contributed by atoms with Gasteiger partial charge in [0.1, 0.15) is 19.3 Å². The molecule has 0 spiro atoms. The number of nitrogens with zero attached hydrogens (tertiary/aromatic N) is 4. The second kappa shape index (κ2) is 17.0. The van der Waals surface area contributed by atoms with Crippen LogP contribution in [0.2, 0.25) is 0 Å². The molecule has 2 N–H and O–H groups in total. The Hall–Kier alpha value is -7.00.